The first-order chi connectivity index (χ1) is 11.7. The fourth-order valence-electron chi connectivity index (χ4n) is 4.20. The van der Waals surface area contributed by atoms with Crippen molar-refractivity contribution in [3.8, 4) is 0 Å². The topological polar surface area (TPSA) is 86.7 Å². The summed E-state index contributed by atoms with van der Waals surface area (Å²) >= 11 is 0. The zero-order chi connectivity index (χ0) is 18.4. The average molecular weight is 362 g/mol. The Morgan fingerprint density at radius 2 is 1.84 bits per heavy atom. The number of hydrogen-bond donors (Lipinski definition) is 2. The van der Waals surface area contributed by atoms with Crippen molar-refractivity contribution >= 4 is 17.8 Å². The van der Waals surface area contributed by atoms with Gasteiger partial charge in [-0.25, -0.2) is 4.79 Å². The predicted octanol–water partition coefficient (Wildman–Crippen LogP) is 1.55. The number of carboxylic acid groups (broad SMARTS) is 1. The first-order valence-corrected chi connectivity index (χ1v) is 8.59. The molecule has 6 nitrogen and oxygen atoms in total. The zero-order valence-corrected chi connectivity index (χ0v) is 13.6. The van der Waals surface area contributed by atoms with Gasteiger partial charge >= 0.3 is 18.1 Å². The highest BCUT2D eigenvalue weighted by molar-refractivity contribution is 5.92. The van der Waals surface area contributed by atoms with Gasteiger partial charge in [0, 0.05) is 6.54 Å². The lowest BCUT2D eigenvalue weighted by atomic mass is 9.94. The molecule has 9 heteroatoms. The quantitative estimate of drug-likeness (QED) is 0.777. The van der Waals surface area contributed by atoms with Crippen LogP contribution >= 0.6 is 0 Å². The molecule has 0 aromatic heterocycles. The summed E-state index contributed by atoms with van der Waals surface area (Å²) in [6.07, 6.45) is -0.918. The van der Waals surface area contributed by atoms with Gasteiger partial charge in [-0.3, -0.25) is 9.59 Å². The van der Waals surface area contributed by atoms with Gasteiger partial charge in [-0.2, -0.15) is 13.2 Å². The van der Waals surface area contributed by atoms with E-state index in [9.17, 15) is 32.7 Å². The molecule has 0 aromatic carbocycles. The highest BCUT2D eigenvalue weighted by atomic mass is 19.4. The van der Waals surface area contributed by atoms with Crippen LogP contribution in [-0.4, -0.2) is 52.6 Å². The molecule has 1 aliphatic heterocycles. The number of amides is 2. The summed E-state index contributed by atoms with van der Waals surface area (Å²) in [5.41, 5.74) is 0. The molecule has 1 saturated heterocycles. The molecule has 0 radical (unpaired) electrons. The lowest BCUT2D eigenvalue weighted by Gasteiger charge is -2.29. The van der Waals surface area contributed by atoms with Gasteiger partial charge in [0.05, 0.1) is 0 Å². The Labute approximate surface area is 142 Å². The van der Waals surface area contributed by atoms with Crippen LogP contribution in [0.5, 0.6) is 0 Å². The van der Waals surface area contributed by atoms with Crippen LogP contribution in [-0.2, 0) is 14.4 Å². The molecule has 3 aliphatic rings. The second-order valence-electron chi connectivity index (χ2n) is 7.33. The van der Waals surface area contributed by atoms with Gasteiger partial charge < -0.3 is 15.3 Å². The number of aliphatic carboxylic acids is 1. The number of likely N-dealkylation sites (tertiary alicyclic amines) is 1. The molecular formula is C16H21F3N2O4. The van der Waals surface area contributed by atoms with Crippen LogP contribution < -0.4 is 5.32 Å². The molecule has 0 bridgehead atoms. The van der Waals surface area contributed by atoms with Crippen LogP contribution in [0.2, 0.25) is 0 Å². The van der Waals surface area contributed by atoms with Crippen LogP contribution in [0.1, 0.15) is 38.5 Å². The maximum atomic E-state index is 12.8. The summed E-state index contributed by atoms with van der Waals surface area (Å²) in [4.78, 5) is 36.9. The summed E-state index contributed by atoms with van der Waals surface area (Å²) < 4.78 is 37.7. The second kappa shape index (κ2) is 6.49. The van der Waals surface area contributed by atoms with Crippen molar-refractivity contribution in [1.29, 1.82) is 0 Å². The number of nitrogens with zero attached hydrogens (tertiary/aromatic N) is 1. The van der Waals surface area contributed by atoms with Gasteiger partial charge in [-0.1, -0.05) is 19.3 Å². The molecular weight excluding hydrogens is 341 g/mol. The summed E-state index contributed by atoms with van der Waals surface area (Å²) in [6.45, 7) is 0.240. The first kappa shape index (κ1) is 18.0. The van der Waals surface area contributed by atoms with E-state index in [0.717, 1.165) is 25.7 Å². The van der Waals surface area contributed by atoms with E-state index in [1.807, 2.05) is 0 Å². The number of fused-ring (bicyclic) bond motifs is 1. The number of carbonyl (C=O) groups is 3. The van der Waals surface area contributed by atoms with Crippen molar-refractivity contribution in [2.24, 2.45) is 17.8 Å². The van der Waals surface area contributed by atoms with Crippen molar-refractivity contribution in [2.45, 2.75) is 56.8 Å². The van der Waals surface area contributed by atoms with E-state index in [1.165, 1.54) is 4.90 Å². The number of nitrogens with one attached hydrogen (secondary N) is 1. The van der Waals surface area contributed by atoms with Crippen molar-refractivity contribution < 1.29 is 32.7 Å². The Morgan fingerprint density at radius 1 is 1.16 bits per heavy atom. The number of carbonyl (C=O) groups excluding carboxylic acids is 2. The minimum atomic E-state index is -5.07. The summed E-state index contributed by atoms with van der Waals surface area (Å²) in [5, 5.41) is 11.3. The number of carboxylic acids is 1. The van der Waals surface area contributed by atoms with Gasteiger partial charge in [0.1, 0.15) is 12.1 Å². The second-order valence-corrected chi connectivity index (χ2v) is 7.33. The lowest BCUT2D eigenvalue weighted by Crippen LogP contribution is -2.54. The Kier molecular flexibility index (Phi) is 4.68. The monoisotopic (exact) mass is 362 g/mol. The van der Waals surface area contributed by atoms with Gasteiger partial charge in [-0.05, 0) is 37.0 Å². The average Bonchev–Trinajstić information content (AvgIpc) is 3.07. The Bertz CT molecular complexity index is 576. The zero-order valence-electron chi connectivity index (χ0n) is 13.6. The molecule has 0 aromatic rings. The molecule has 1 heterocycles. The summed E-state index contributed by atoms with van der Waals surface area (Å²) in [5.74, 6) is -3.96. The molecule has 2 N–H and O–H groups in total. The molecule has 2 amide bonds. The molecule has 0 unspecified atom stereocenters. The smallest absolute Gasteiger partial charge is 0.471 e. The maximum Gasteiger partial charge on any atom is 0.471 e. The third-order valence-corrected chi connectivity index (χ3v) is 5.55. The molecule has 4 atom stereocenters. The van der Waals surface area contributed by atoms with E-state index in [-0.39, 0.29) is 30.7 Å². The number of hydrogen-bond acceptors (Lipinski definition) is 3. The van der Waals surface area contributed by atoms with E-state index in [0.29, 0.717) is 6.42 Å². The van der Waals surface area contributed by atoms with Crippen LogP contribution in [0.4, 0.5) is 13.2 Å². The van der Waals surface area contributed by atoms with E-state index in [2.05, 4.69) is 0 Å². The fraction of sp³-hybridized carbons (Fsp3) is 0.812. The van der Waals surface area contributed by atoms with Crippen molar-refractivity contribution in [3.63, 3.8) is 0 Å². The minimum Gasteiger partial charge on any atom is -0.480 e. The molecule has 3 rings (SSSR count). The summed E-state index contributed by atoms with van der Waals surface area (Å²) in [7, 11) is 0. The SMILES string of the molecule is O=C(O)[C@@H]1[C@H]2CCC[C@H]2CN1C(=O)[C@H](CC1CC1)NC(=O)C(F)(F)F. The fourth-order valence-corrected chi connectivity index (χ4v) is 4.20. The highest BCUT2D eigenvalue weighted by Gasteiger charge is 2.51. The van der Waals surface area contributed by atoms with Crippen molar-refractivity contribution in [2.75, 3.05) is 6.54 Å². The van der Waals surface area contributed by atoms with E-state index >= 15 is 0 Å². The van der Waals surface area contributed by atoms with Gasteiger partial charge in [0.25, 0.3) is 0 Å². The number of alkyl halides is 3. The third-order valence-electron chi connectivity index (χ3n) is 5.55. The van der Waals surface area contributed by atoms with Gasteiger partial charge in [-0.15, -0.1) is 0 Å². The highest BCUT2D eigenvalue weighted by Crippen LogP contribution is 2.43. The van der Waals surface area contributed by atoms with Gasteiger partial charge in [0.15, 0.2) is 0 Å². The largest absolute Gasteiger partial charge is 0.480 e. The van der Waals surface area contributed by atoms with E-state index in [4.69, 9.17) is 0 Å². The number of rotatable bonds is 5. The minimum absolute atomic E-state index is 0.0740. The molecule has 140 valence electrons. The molecule has 25 heavy (non-hydrogen) atoms. The summed E-state index contributed by atoms with van der Waals surface area (Å²) in [6, 6.07) is -2.33. The lowest BCUT2D eigenvalue weighted by molar-refractivity contribution is -0.175. The van der Waals surface area contributed by atoms with Crippen LogP contribution in [0.15, 0.2) is 0 Å². The van der Waals surface area contributed by atoms with Crippen LogP contribution in [0.3, 0.4) is 0 Å². The molecule has 0 spiro atoms. The molecule has 2 aliphatic carbocycles. The molecule has 3 fully saturated rings. The normalized spacial score (nSPS) is 30.0. The van der Waals surface area contributed by atoms with Crippen LogP contribution in [0, 0.1) is 17.8 Å². The number of halogens is 3. The Morgan fingerprint density at radius 3 is 2.40 bits per heavy atom. The van der Waals surface area contributed by atoms with Gasteiger partial charge in [0.2, 0.25) is 5.91 Å². The molecule has 2 saturated carbocycles. The predicted molar refractivity (Wildman–Crippen MR) is 79.3 cm³/mol. The standard InChI is InChI=1S/C16H21F3N2O4/c17-16(18,19)15(25)20-11(6-8-4-5-8)13(22)21-7-9-2-1-3-10(9)12(21)14(23)24/h8-12H,1-7H2,(H,20,25)(H,23,24)/t9-,10-,11-,12-/m0/s1. The van der Waals surface area contributed by atoms with E-state index < -0.39 is 36.0 Å². The van der Waals surface area contributed by atoms with Crippen LogP contribution in [0.25, 0.3) is 0 Å². The van der Waals surface area contributed by atoms with E-state index in [1.54, 1.807) is 5.32 Å². The van der Waals surface area contributed by atoms with Crippen molar-refractivity contribution in [1.82, 2.24) is 10.2 Å². The van der Waals surface area contributed by atoms with Crippen molar-refractivity contribution in [3.05, 3.63) is 0 Å². The third kappa shape index (κ3) is 3.74. The Balaban J connectivity index is 1.76. The Hall–Kier alpha value is -1.80. The maximum absolute atomic E-state index is 12.8. The first-order valence-electron chi connectivity index (χ1n) is 8.59.